The summed E-state index contributed by atoms with van der Waals surface area (Å²) in [4.78, 5) is 32.4. The number of aryl methyl sites for hydroxylation is 3. The maximum absolute atomic E-state index is 12.9. The summed E-state index contributed by atoms with van der Waals surface area (Å²) in [6.07, 6.45) is 1.72. The number of benzene rings is 2. The summed E-state index contributed by atoms with van der Waals surface area (Å²) >= 11 is 1.49. The van der Waals surface area contributed by atoms with Crippen molar-refractivity contribution >= 4 is 39.3 Å². The SMILES string of the molecule is Cc1ccc(C)c2c1C(=O)C(=Cc1cc3c(nc(-c4ccccc4)n3C)s1)C2=O. The van der Waals surface area contributed by atoms with Crippen LogP contribution in [0.4, 0.5) is 0 Å². The first-order valence-corrected chi connectivity index (χ1v) is 10.2. The van der Waals surface area contributed by atoms with E-state index in [1.807, 2.05) is 74.0 Å². The van der Waals surface area contributed by atoms with Gasteiger partial charge in [0.15, 0.2) is 11.6 Å². The number of hydrogen-bond donors (Lipinski definition) is 0. The Morgan fingerprint density at radius 3 is 2.14 bits per heavy atom. The number of aromatic nitrogens is 2. The van der Waals surface area contributed by atoms with E-state index in [0.717, 1.165) is 37.7 Å². The first-order valence-electron chi connectivity index (χ1n) is 9.38. The second kappa shape index (κ2) is 6.36. The molecule has 0 fully saturated rings. The molecule has 29 heavy (non-hydrogen) atoms. The van der Waals surface area contributed by atoms with Gasteiger partial charge in [0.25, 0.3) is 0 Å². The first kappa shape index (κ1) is 17.8. The Morgan fingerprint density at radius 2 is 1.55 bits per heavy atom. The van der Waals surface area contributed by atoms with Crippen molar-refractivity contribution in [3.63, 3.8) is 0 Å². The number of ketones is 2. The number of rotatable bonds is 2. The van der Waals surface area contributed by atoms with Crippen LogP contribution in [0.25, 0.3) is 27.8 Å². The molecule has 1 aliphatic rings. The maximum Gasteiger partial charge on any atom is 0.198 e. The normalized spacial score (nSPS) is 13.4. The van der Waals surface area contributed by atoms with Gasteiger partial charge in [0, 0.05) is 28.6 Å². The van der Waals surface area contributed by atoms with Gasteiger partial charge in [-0.1, -0.05) is 42.5 Å². The summed E-state index contributed by atoms with van der Waals surface area (Å²) in [5.41, 5.74) is 5.07. The van der Waals surface area contributed by atoms with E-state index in [2.05, 4.69) is 0 Å². The predicted molar refractivity (Wildman–Crippen MR) is 117 cm³/mol. The van der Waals surface area contributed by atoms with Crippen molar-refractivity contribution in [2.24, 2.45) is 7.05 Å². The zero-order valence-electron chi connectivity index (χ0n) is 16.3. The lowest BCUT2D eigenvalue weighted by atomic mass is 9.99. The first-order chi connectivity index (χ1) is 14.0. The van der Waals surface area contributed by atoms with Gasteiger partial charge in [-0.25, -0.2) is 4.98 Å². The molecule has 2 heterocycles. The number of thiophene rings is 1. The van der Waals surface area contributed by atoms with E-state index in [-0.39, 0.29) is 17.1 Å². The standard InChI is InChI=1S/C24H18N2O2S/c1-13-9-10-14(2)20-19(13)21(27)17(22(20)28)11-16-12-18-24(29-16)25-23(26(18)3)15-7-5-4-6-8-15/h4-12H,1-3H3. The lowest BCUT2D eigenvalue weighted by molar-refractivity contribution is 0.0990. The van der Waals surface area contributed by atoms with Crippen molar-refractivity contribution in [3.8, 4) is 11.4 Å². The summed E-state index contributed by atoms with van der Waals surface area (Å²) in [7, 11) is 1.98. The van der Waals surface area contributed by atoms with Gasteiger partial charge in [0.2, 0.25) is 0 Å². The van der Waals surface area contributed by atoms with Crippen LogP contribution in [-0.2, 0) is 7.05 Å². The van der Waals surface area contributed by atoms with E-state index < -0.39 is 0 Å². The molecular formula is C24H18N2O2S. The van der Waals surface area contributed by atoms with E-state index in [9.17, 15) is 9.59 Å². The van der Waals surface area contributed by atoms with Crippen LogP contribution in [0.2, 0.25) is 0 Å². The molecule has 0 unspecified atom stereocenters. The number of carbonyl (C=O) groups is 2. The van der Waals surface area contributed by atoms with Gasteiger partial charge < -0.3 is 4.57 Å². The fourth-order valence-electron chi connectivity index (χ4n) is 3.95. The monoisotopic (exact) mass is 398 g/mol. The van der Waals surface area contributed by atoms with Gasteiger partial charge in [-0.2, -0.15) is 0 Å². The van der Waals surface area contributed by atoms with Crippen LogP contribution in [-0.4, -0.2) is 21.1 Å². The molecule has 0 saturated carbocycles. The largest absolute Gasteiger partial charge is 0.326 e. The second-order valence-electron chi connectivity index (χ2n) is 7.37. The van der Waals surface area contributed by atoms with Gasteiger partial charge in [-0.05, 0) is 37.1 Å². The number of carbonyl (C=O) groups excluding carboxylic acids is 2. The summed E-state index contributed by atoms with van der Waals surface area (Å²) in [6, 6.07) is 15.8. The Hall–Kier alpha value is -3.31. The third-order valence-corrected chi connectivity index (χ3v) is 6.45. The molecule has 2 aromatic heterocycles. The van der Waals surface area contributed by atoms with Crippen molar-refractivity contribution in [2.45, 2.75) is 13.8 Å². The van der Waals surface area contributed by atoms with Crippen molar-refractivity contribution in [1.29, 1.82) is 0 Å². The molecule has 2 aromatic carbocycles. The molecule has 1 aliphatic carbocycles. The molecule has 142 valence electrons. The molecule has 0 atom stereocenters. The van der Waals surface area contributed by atoms with Crippen LogP contribution in [0.5, 0.6) is 0 Å². The minimum atomic E-state index is -0.179. The average molecular weight is 398 g/mol. The van der Waals surface area contributed by atoms with Crippen LogP contribution < -0.4 is 0 Å². The van der Waals surface area contributed by atoms with Crippen LogP contribution in [0, 0.1) is 13.8 Å². The maximum atomic E-state index is 12.9. The van der Waals surface area contributed by atoms with E-state index in [0.29, 0.717) is 11.1 Å². The number of Topliss-reactive ketones (excluding diaryl/α,β-unsaturated/α-hetero) is 2. The minimum absolute atomic E-state index is 0.179. The number of fused-ring (bicyclic) bond motifs is 2. The minimum Gasteiger partial charge on any atom is -0.326 e. The molecule has 0 spiro atoms. The molecule has 4 nitrogen and oxygen atoms in total. The summed E-state index contributed by atoms with van der Waals surface area (Å²) in [5.74, 6) is 0.543. The van der Waals surface area contributed by atoms with E-state index >= 15 is 0 Å². The average Bonchev–Trinajstić information content (AvgIpc) is 3.33. The quantitative estimate of drug-likeness (QED) is 0.336. The Kier molecular flexibility index (Phi) is 3.89. The van der Waals surface area contributed by atoms with Crippen molar-refractivity contribution in [3.05, 3.63) is 81.2 Å². The number of imidazole rings is 1. The molecule has 0 bridgehead atoms. The number of allylic oxidation sites excluding steroid dienone is 1. The highest BCUT2D eigenvalue weighted by molar-refractivity contribution is 7.19. The molecule has 0 amide bonds. The smallest absolute Gasteiger partial charge is 0.198 e. The molecule has 0 N–H and O–H groups in total. The second-order valence-corrected chi connectivity index (χ2v) is 8.43. The highest BCUT2D eigenvalue weighted by Crippen LogP contribution is 2.35. The molecule has 5 rings (SSSR count). The fraction of sp³-hybridized carbons (Fsp3) is 0.125. The molecule has 4 aromatic rings. The molecule has 0 aliphatic heterocycles. The molecule has 0 saturated heterocycles. The van der Waals surface area contributed by atoms with Crippen molar-refractivity contribution in [1.82, 2.24) is 9.55 Å². The Bertz CT molecular complexity index is 1310. The van der Waals surface area contributed by atoms with Gasteiger partial charge in [-0.3, -0.25) is 9.59 Å². The number of nitrogens with zero attached hydrogens (tertiary/aromatic N) is 2. The Labute approximate surface area is 172 Å². The van der Waals surface area contributed by atoms with Crippen molar-refractivity contribution < 1.29 is 9.59 Å². The van der Waals surface area contributed by atoms with E-state index in [1.165, 1.54) is 11.3 Å². The lowest BCUT2D eigenvalue weighted by Gasteiger charge is -2.03. The predicted octanol–water partition coefficient (Wildman–Crippen LogP) is 5.38. The molecule has 5 heteroatoms. The Morgan fingerprint density at radius 1 is 0.931 bits per heavy atom. The third kappa shape index (κ3) is 2.62. The van der Waals surface area contributed by atoms with Crippen LogP contribution in [0.3, 0.4) is 0 Å². The van der Waals surface area contributed by atoms with Gasteiger partial charge in [0.05, 0.1) is 11.1 Å². The van der Waals surface area contributed by atoms with Gasteiger partial charge in [0.1, 0.15) is 10.7 Å². The third-order valence-electron chi connectivity index (χ3n) is 5.48. The Balaban J connectivity index is 1.58. The van der Waals surface area contributed by atoms with Gasteiger partial charge in [-0.15, -0.1) is 11.3 Å². The summed E-state index contributed by atoms with van der Waals surface area (Å²) < 4.78 is 2.05. The van der Waals surface area contributed by atoms with Crippen molar-refractivity contribution in [2.75, 3.05) is 0 Å². The van der Waals surface area contributed by atoms with E-state index in [1.54, 1.807) is 6.08 Å². The summed E-state index contributed by atoms with van der Waals surface area (Å²) in [6.45, 7) is 3.75. The lowest BCUT2D eigenvalue weighted by Crippen LogP contribution is -2.00. The number of hydrogen-bond acceptors (Lipinski definition) is 4. The molecular weight excluding hydrogens is 380 g/mol. The fourth-order valence-corrected chi connectivity index (χ4v) is 4.96. The van der Waals surface area contributed by atoms with Crippen LogP contribution in [0.15, 0.2) is 54.1 Å². The highest BCUT2D eigenvalue weighted by atomic mass is 32.1. The summed E-state index contributed by atoms with van der Waals surface area (Å²) in [5, 5.41) is 0. The van der Waals surface area contributed by atoms with Crippen LogP contribution in [0.1, 0.15) is 36.7 Å². The molecule has 0 radical (unpaired) electrons. The van der Waals surface area contributed by atoms with E-state index in [4.69, 9.17) is 4.98 Å². The van der Waals surface area contributed by atoms with Crippen LogP contribution >= 0.6 is 11.3 Å². The van der Waals surface area contributed by atoms with Gasteiger partial charge >= 0.3 is 0 Å². The zero-order chi connectivity index (χ0) is 20.3. The topological polar surface area (TPSA) is 52.0 Å². The highest BCUT2D eigenvalue weighted by Gasteiger charge is 2.35. The zero-order valence-corrected chi connectivity index (χ0v) is 17.1.